The standard InChI is InChI=1S/C21H18ClN3O3/c1-11(2)25(3)20-19(18-9-12-4-6-14(22)10-17(12)28-18)23-15-7-5-13(21(26)27)8-16(15)24-20/h4-11H,1-3H3,(H,26,27). The Balaban J connectivity index is 1.97. The monoisotopic (exact) mass is 395 g/mol. The lowest BCUT2D eigenvalue weighted by molar-refractivity contribution is 0.0697. The lowest BCUT2D eigenvalue weighted by Crippen LogP contribution is -2.27. The number of anilines is 1. The Hall–Kier alpha value is -3.12. The third kappa shape index (κ3) is 3.16. The van der Waals surface area contributed by atoms with Crippen LogP contribution in [0.1, 0.15) is 24.2 Å². The highest BCUT2D eigenvalue weighted by atomic mass is 35.5. The molecule has 28 heavy (non-hydrogen) atoms. The van der Waals surface area contributed by atoms with Crippen LogP contribution in [0, 0.1) is 0 Å². The molecule has 0 radical (unpaired) electrons. The molecule has 7 heteroatoms. The first kappa shape index (κ1) is 18.3. The van der Waals surface area contributed by atoms with Crippen LogP contribution in [-0.4, -0.2) is 34.1 Å². The van der Waals surface area contributed by atoms with E-state index in [4.69, 9.17) is 26.0 Å². The Bertz CT molecular complexity index is 1220. The SMILES string of the molecule is CC(C)N(C)c1nc2cc(C(=O)O)ccc2nc1-c1cc2ccc(Cl)cc2o1. The van der Waals surface area contributed by atoms with Gasteiger partial charge in [0, 0.05) is 29.6 Å². The Morgan fingerprint density at radius 2 is 1.89 bits per heavy atom. The van der Waals surface area contributed by atoms with Gasteiger partial charge in [-0.05, 0) is 50.2 Å². The summed E-state index contributed by atoms with van der Waals surface area (Å²) in [4.78, 5) is 22.7. The van der Waals surface area contributed by atoms with E-state index >= 15 is 0 Å². The van der Waals surface area contributed by atoms with Crippen LogP contribution in [0.3, 0.4) is 0 Å². The molecule has 2 heterocycles. The topological polar surface area (TPSA) is 79.5 Å². The van der Waals surface area contributed by atoms with Crippen molar-refractivity contribution in [2.45, 2.75) is 19.9 Å². The zero-order valence-electron chi connectivity index (χ0n) is 15.6. The van der Waals surface area contributed by atoms with Gasteiger partial charge in [-0.1, -0.05) is 11.6 Å². The average molecular weight is 396 g/mol. The van der Waals surface area contributed by atoms with E-state index in [0.29, 0.717) is 38.9 Å². The predicted molar refractivity (Wildman–Crippen MR) is 110 cm³/mol. The normalized spacial score (nSPS) is 11.5. The number of benzene rings is 2. The zero-order chi connectivity index (χ0) is 20.0. The van der Waals surface area contributed by atoms with Crippen molar-refractivity contribution < 1.29 is 14.3 Å². The van der Waals surface area contributed by atoms with Gasteiger partial charge in [-0.2, -0.15) is 0 Å². The second-order valence-electron chi connectivity index (χ2n) is 6.90. The van der Waals surface area contributed by atoms with Gasteiger partial charge < -0.3 is 14.4 Å². The smallest absolute Gasteiger partial charge is 0.335 e. The number of halogens is 1. The molecule has 0 aliphatic carbocycles. The number of carboxylic acids is 1. The summed E-state index contributed by atoms with van der Waals surface area (Å²) >= 11 is 6.07. The summed E-state index contributed by atoms with van der Waals surface area (Å²) < 4.78 is 6.01. The maximum absolute atomic E-state index is 11.3. The minimum absolute atomic E-state index is 0.159. The van der Waals surface area contributed by atoms with Crippen molar-refractivity contribution in [3.8, 4) is 11.5 Å². The molecule has 0 saturated carbocycles. The van der Waals surface area contributed by atoms with Gasteiger partial charge in [0.15, 0.2) is 11.6 Å². The maximum Gasteiger partial charge on any atom is 0.335 e. The zero-order valence-corrected chi connectivity index (χ0v) is 16.4. The van der Waals surface area contributed by atoms with Crippen molar-refractivity contribution in [3.05, 3.63) is 53.1 Å². The average Bonchev–Trinajstić information content (AvgIpc) is 3.08. The van der Waals surface area contributed by atoms with Gasteiger partial charge in [-0.3, -0.25) is 0 Å². The van der Waals surface area contributed by atoms with Gasteiger partial charge in [-0.25, -0.2) is 14.8 Å². The van der Waals surface area contributed by atoms with Crippen LogP contribution in [0.15, 0.2) is 46.9 Å². The van der Waals surface area contributed by atoms with E-state index in [1.165, 1.54) is 12.1 Å². The van der Waals surface area contributed by atoms with E-state index in [1.807, 2.05) is 44.0 Å². The highest BCUT2D eigenvalue weighted by molar-refractivity contribution is 6.31. The van der Waals surface area contributed by atoms with Crippen LogP contribution in [-0.2, 0) is 0 Å². The lowest BCUT2D eigenvalue weighted by Gasteiger charge is -2.24. The van der Waals surface area contributed by atoms with Crippen molar-refractivity contribution in [1.29, 1.82) is 0 Å². The number of hydrogen-bond donors (Lipinski definition) is 1. The first-order valence-corrected chi connectivity index (χ1v) is 9.18. The minimum Gasteiger partial charge on any atom is -0.478 e. The number of carbonyl (C=O) groups is 1. The molecule has 0 fully saturated rings. The predicted octanol–water partition coefficient (Wildman–Crippen LogP) is 5.24. The molecule has 0 aliphatic rings. The molecule has 4 aromatic rings. The molecule has 0 atom stereocenters. The van der Waals surface area contributed by atoms with Crippen LogP contribution in [0.4, 0.5) is 5.82 Å². The van der Waals surface area contributed by atoms with Crippen molar-refractivity contribution in [2.75, 3.05) is 11.9 Å². The number of furan rings is 1. The Labute approximate surface area is 166 Å². The Kier molecular flexibility index (Phi) is 4.43. The summed E-state index contributed by atoms with van der Waals surface area (Å²) in [6, 6.07) is 12.2. The van der Waals surface area contributed by atoms with Gasteiger partial charge in [0.05, 0.1) is 16.6 Å². The van der Waals surface area contributed by atoms with Crippen LogP contribution < -0.4 is 4.90 Å². The van der Waals surface area contributed by atoms with Crippen LogP contribution in [0.25, 0.3) is 33.5 Å². The van der Waals surface area contributed by atoms with Crippen molar-refractivity contribution in [1.82, 2.24) is 9.97 Å². The van der Waals surface area contributed by atoms with Crippen LogP contribution in [0.5, 0.6) is 0 Å². The van der Waals surface area contributed by atoms with Crippen LogP contribution >= 0.6 is 11.6 Å². The number of hydrogen-bond acceptors (Lipinski definition) is 5. The van der Waals surface area contributed by atoms with Gasteiger partial charge in [0.2, 0.25) is 0 Å². The number of carboxylic acid groups (broad SMARTS) is 1. The summed E-state index contributed by atoms with van der Waals surface area (Å²) in [7, 11) is 1.92. The number of rotatable bonds is 4. The largest absolute Gasteiger partial charge is 0.478 e. The minimum atomic E-state index is -0.999. The molecule has 0 unspecified atom stereocenters. The lowest BCUT2D eigenvalue weighted by atomic mass is 10.1. The maximum atomic E-state index is 11.3. The number of fused-ring (bicyclic) bond motifs is 2. The molecule has 0 aliphatic heterocycles. The fourth-order valence-corrected chi connectivity index (χ4v) is 3.12. The fraction of sp³-hybridized carbons (Fsp3) is 0.190. The van der Waals surface area contributed by atoms with Gasteiger partial charge in [0.25, 0.3) is 0 Å². The highest BCUT2D eigenvalue weighted by Gasteiger charge is 2.20. The Morgan fingerprint density at radius 1 is 1.11 bits per heavy atom. The summed E-state index contributed by atoms with van der Waals surface area (Å²) in [5.41, 5.74) is 2.55. The number of nitrogens with zero attached hydrogens (tertiary/aromatic N) is 3. The second kappa shape index (κ2) is 6.80. The van der Waals surface area contributed by atoms with Crippen LogP contribution in [0.2, 0.25) is 5.02 Å². The summed E-state index contributed by atoms with van der Waals surface area (Å²) in [5, 5.41) is 10.8. The van der Waals surface area contributed by atoms with Crippen molar-refractivity contribution in [3.63, 3.8) is 0 Å². The van der Waals surface area contributed by atoms with E-state index in [9.17, 15) is 9.90 Å². The van der Waals surface area contributed by atoms with Crippen molar-refractivity contribution >= 4 is 45.4 Å². The summed E-state index contributed by atoms with van der Waals surface area (Å²) in [6.45, 7) is 4.09. The third-order valence-electron chi connectivity index (χ3n) is 4.72. The second-order valence-corrected chi connectivity index (χ2v) is 7.34. The van der Waals surface area contributed by atoms with Gasteiger partial charge in [0.1, 0.15) is 11.3 Å². The third-order valence-corrected chi connectivity index (χ3v) is 4.95. The van der Waals surface area contributed by atoms with E-state index in [1.54, 1.807) is 12.1 Å². The molecule has 1 N–H and O–H groups in total. The molecule has 0 saturated heterocycles. The molecule has 0 bridgehead atoms. The van der Waals surface area contributed by atoms with E-state index < -0.39 is 5.97 Å². The molecular formula is C21H18ClN3O3. The molecule has 4 rings (SSSR count). The molecule has 0 amide bonds. The summed E-state index contributed by atoms with van der Waals surface area (Å²) in [5.74, 6) is 0.201. The molecule has 6 nitrogen and oxygen atoms in total. The fourth-order valence-electron chi connectivity index (χ4n) is 2.96. The molecule has 142 valence electrons. The number of aromatic nitrogens is 2. The molecule has 0 spiro atoms. The summed E-state index contributed by atoms with van der Waals surface area (Å²) in [6.07, 6.45) is 0. The number of aromatic carboxylic acids is 1. The molecular weight excluding hydrogens is 378 g/mol. The van der Waals surface area contributed by atoms with Gasteiger partial charge >= 0.3 is 5.97 Å². The van der Waals surface area contributed by atoms with Crippen molar-refractivity contribution in [2.24, 2.45) is 0 Å². The van der Waals surface area contributed by atoms with E-state index in [-0.39, 0.29) is 11.6 Å². The first-order valence-electron chi connectivity index (χ1n) is 8.81. The van der Waals surface area contributed by atoms with Gasteiger partial charge in [-0.15, -0.1) is 0 Å². The molecule has 2 aromatic carbocycles. The molecule has 2 aromatic heterocycles. The first-order chi connectivity index (χ1) is 13.3. The highest BCUT2D eigenvalue weighted by Crippen LogP contribution is 2.34. The van der Waals surface area contributed by atoms with E-state index in [2.05, 4.69) is 0 Å². The quantitative estimate of drug-likeness (QED) is 0.509. The van der Waals surface area contributed by atoms with E-state index in [0.717, 1.165) is 5.39 Å². The Morgan fingerprint density at radius 3 is 2.61 bits per heavy atom.